The minimum absolute atomic E-state index is 0.151. The molecular formula is C14H19ClN2O4S. The molecule has 1 aliphatic rings. The topological polar surface area (TPSA) is 75.7 Å². The largest absolute Gasteiger partial charge is 0.495 e. The Morgan fingerprint density at radius 3 is 2.59 bits per heavy atom. The predicted octanol–water partition coefficient (Wildman–Crippen LogP) is 1.78. The summed E-state index contributed by atoms with van der Waals surface area (Å²) in [5, 5.41) is 3.17. The van der Waals surface area contributed by atoms with Gasteiger partial charge in [0.25, 0.3) is 0 Å². The number of nitrogens with zero attached hydrogens (tertiary/aromatic N) is 1. The lowest BCUT2D eigenvalue weighted by atomic mass is 10.2. The zero-order valence-electron chi connectivity index (χ0n) is 12.7. The molecule has 1 amide bonds. The van der Waals surface area contributed by atoms with Gasteiger partial charge >= 0.3 is 0 Å². The molecule has 0 spiro atoms. The van der Waals surface area contributed by atoms with Crippen LogP contribution < -0.4 is 14.4 Å². The molecule has 1 aromatic carbocycles. The van der Waals surface area contributed by atoms with Crippen LogP contribution in [0.15, 0.2) is 18.2 Å². The predicted molar refractivity (Wildman–Crippen MR) is 86.0 cm³/mol. The summed E-state index contributed by atoms with van der Waals surface area (Å²) in [5.74, 6) is -0.00384. The molecule has 1 atom stereocenters. The Bertz CT molecular complexity index is 673. The van der Waals surface area contributed by atoms with Crippen LogP contribution in [0.25, 0.3) is 0 Å². The second-order valence-electron chi connectivity index (χ2n) is 5.33. The van der Waals surface area contributed by atoms with Gasteiger partial charge in [0, 0.05) is 11.1 Å². The van der Waals surface area contributed by atoms with Crippen molar-refractivity contribution in [2.24, 2.45) is 0 Å². The minimum atomic E-state index is -3.69. The van der Waals surface area contributed by atoms with Crippen molar-refractivity contribution < 1.29 is 17.9 Å². The molecule has 1 N–H and O–H groups in total. The van der Waals surface area contributed by atoms with Gasteiger partial charge in [-0.1, -0.05) is 11.6 Å². The van der Waals surface area contributed by atoms with Crippen LogP contribution in [0.4, 0.5) is 5.69 Å². The Morgan fingerprint density at radius 1 is 1.45 bits per heavy atom. The van der Waals surface area contributed by atoms with Crippen LogP contribution in [-0.2, 0) is 14.8 Å². The first kappa shape index (κ1) is 16.9. The lowest BCUT2D eigenvalue weighted by molar-refractivity contribution is -0.121. The fourth-order valence-corrected chi connectivity index (χ4v) is 3.50. The van der Waals surface area contributed by atoms with Gasteiger partial charge in [0.15, 0.2) is 0 Å². The molecule has 1 aliphatic carbocycles. The quantitative estimate of drug-likeness (QED) is 0.852. The maximum Gasteiger partial charge on any atom is 0.243 e. The molecule has 22 heavy (non-hydrogen) atoms. The first-order valence-electron chi connectivity index (χ1n) is 6.87. The number of amides is 1. The van der Waals surface area contributed by atoms with Gasteiger partial charge in [-0.2, -0.15) is 0 Å². The Labute approximate surface area is 135 Å². The molecule has 1 fully saturated rings. The van der Waals surface area contributed by atoms with Crippen molar-refractivity contribution in [3.05, 3.63) is 23.2 Å². The maximum atomic E-state index is 12.2. The van der Waals surface area contributed by atoms with E-state index in [1.54, 1.807) is 19.1 Å². The molecule has 1 saturated carbocycles. The summed E-state index contributed by atoms with van der Waals surface area (Å²) >= 11 is 5.97. The number of rotatable bonds is 6. The van der Waals surface area contributed by atoms with Crippen molar-refractivity contribution in [2.45, 2.75) is 31.8 Å². The van der Waals surface area contributed by atoms with Gasteiger partial charge < -0.3 is 10.1 Å². The van der Waals surface area contributed by atoms with E-state index in [2.05, 4.69) is 5.32 Å². The van der Waals surface area contributed by atoms with E-state index in [1.807, 2.05) is 0 Å². The standard InChI is InChI=1S/C14H19ClN2O4S/c1-9(14(18)16-11-5-6-11)17(22(3,19)20)12-8-10(15)4-7-13(12)21-2/h4,7-9,11H,5-6H2,1-3H3,(H,16,18)/t9-/m1/s1. The molecule has 1 aromatic rings. The van der Waals surface area contributed by atoms with E-state index in [1.165, 1.54) is 13.2 Å². The summed E-state index contributed by atoms with van der Waals surface area (Å²) < 4.78 is 30.7. The summed E-state index contributed by atoms with van der Waals surface area (Å²) in [4.78, 5) is 12.2. The average Bonchev–Trinajstić information content (AvgIpc) is 3.21. The molecule has 0 saturated heterocycles. The molecular weight excluding hydrogens is 328 g/mol. The van der Waals surface area contributed by atoms with E-state index < -0.39 is 16.1 Å². The molecule has 0 unspecified atom stereocenters. The van der Waals surface area contributed by atoms with E-state index in [0.717, 1.165) is 23.4 Å². The minimum Gasteiger partial charge on any atom is -0.495 e. The number of sulfonamides is 1. The summed E-state index contributed by atoms with van der Waals surface area (Å²) in [5.41, 5.74) is 0.246. The van der Waals surface area contributed by atoms with Crippen LogP contribution >= 0.6 is 11.6 Å². The van der Waals surface area contributed by atoms with E-state index in [9.17, 15) is 13.2 Å². The fourth-order valence-electron chi connectivity index (χ4n) is 2.17. The smallest absolute Gasteiger partial charge is 0.243 e. The number of benzene rings is 1. The number of nitrogens with one attached hydrogen (secondary N) is 1. The van der Waals surface area contributed by atoms with Crippen LogP contribution in [0.1, 0.15) is 19.8 Å². The Balaban J connectivity index is 2.42. The van der Waals surface area contributed by atoms with Crippen molar-refractivity contribution in [2.75, 3.05) is 17.7 Å². The van der Waals surface area contributed by atoms with Gasteiger partial charge in [0.1, 0.15) is 11.8 Å². The highest BCUT2D eigenvalue weighted by Gasteiger charge is 2.34. The van der Waals surface area contributed by atoms with Crippen molar-refractivity contribution in [3.63, 3.8) is 0 Å². The number of hydrogen-bond donors (Lipinski definition) is 1. The molecule has 0 aliphatic heterocycles. The number of halogens is 1. The summed E-state index contributed by atoms with van der Waals surface area (Å²) in [6.45, 7) is 1.54. The highest BCUT2D eigenvalue weighted by Crippen LogP contribution is 2.34. The molecule has 8 heteroatoms. The van der Waals surface area contributed by atoms with Gasteiger partial charge in [-0.05, 0) is 38.0 Å². The lowest BCUT2D eigenvalue weighted by Crippen LogP contribution is -2.48. The average molecular weight is 347 g/mol. The summed E-state index contributed by atoms with van der Waals surface area (Å²) in [6, 6.07) is 3.89. The monoisotopic (exact) mass is 346 g/mol. The highest BCUT2D eigenvalue weighted by atomic mass is 35.5. The molecule has 0 aromatic heterocycles. The lowest BCUT2D eigenvalue weighted by Gasteiger charge is -2.29. The molecule has 0 radical (unpaired) electrons. The zero-order chi connectivity index (χ0) is 16.5. The SMILES string of the molecule is COc1ccc(Cl)cc1N([C@H](C)C(=O)NC1CC1)S(C)(=O)=O. The molecule has 2 rings (SSSR count). The Hall–Kier alpha value is -1.47. The summed E-state index contributed by atoms with van der Waals surface area (Å²) in [6.07, 6.45) is 2.91. The van der Waals surface area contributed by atoms with Crippen molar-refractivity contribution in [3.8, 4) is 5.75 Å². The molecule has 0 bridgehead atoms. The van der Waals surface area contributed by atoms with E-state index >= 15 is 0 Å². The van der Waals surface area contributed by atoms with Gasteiger partial charge in [-0.25, -0.2) is 8.42 Å². The zero-order valence-corrected chi connectivity index (χ0v) is 14.2. The Morgan fingerprint density at radius 2 is 2.09 bits per heavy atom. The molecule has 0 heterocycles. The van der Waals surface area contributed by atoms with E-state index in [-0.39, 0.29) is 17.6 Å². The Kier molecular flexibility index (Phi) is 4.87. The van der Waals surface area contributed by atoms with Crippen LogP contribution in [0.5, 0.6) is 5.75 Å². The van der Waals surface area contributed by atoms with Crippen molar-refractivity contribution in [1.29, 1.82) is 0 Å². The van der Waals surface area contributed by atoms with Gasteiger partial charge in [-0.15, -0.1) is 0 Å². The number of methoxy groups -OCH3 is 1. The van der Waals surface area contributed by atoms with Crippen molar-refractivity contribution in [1.82, 2.24) is 5.32 Å². The van der Waals surface area contributed by atoms with Crippen LogP contribution in [0.2, 0.25) is 5.02 Å². The number of carbonyl (C=O) groups is 1. The highest BCUT2D eigenvalue weighted by molar-refractivity contribution is 7.92. The molecule has 6 nitrogen and oxygen atoms in total. The number of ether oxygens (including phenoxy) is 1. The normalized spacial score (nSPS) is 16.0. The molecule has 122 valence electrons. The van der Waals surface area contributed by atoms with Crippen LogP contribution in [-0.4, -0.2) is 39.8 Å². The van der Waals surface area contributed by atoms with E-state index in [4.69, 9.17) is 16.3 Å². The first-order chi connectivity index (χ1) is 10.2. The van der Waals surface area contributed by atoms with Crippen molar-refractivity contribution >= 4 is 33.2 Å². The van der Waals surface area contributed by atoms with Gasteiger partial charge in [0.05, 0.1) is 19.1 Å². The maximum absolute atomic E-state index is 12.2. The summed E-state index contributed by atoms with van der Waals surface area (Å²) in [7, 11) is -2.26. The number of carbonyl (C=O) groups excluding carboxylic acids is 1. The van der Waals surface area contributed by atoms with Gasteiger partial charge in [-0.3, -0.25) is 9.10 Å². The number of hydrogen-bond acceptors (Lipinski definition) is 4. The third kappa shape index (κ3) is 3.84. The third-order valence-electron chi connectivity index (χ3n) is 3.39. The van der Waals surface area contributed by atoms with Gasteiger partial charge in [0.2, 0.25) is 15.9 Å². The van der Waals surface area contributed by atoms with E-state index in [0.29, 0.717) is 10.8 Å². The second-order valence-corrected chi connectivity index (χ2v) is 7.63. The van der Waals surface area contributed by atoms with Crippen LogP contribution in [0.3, 0.4) is 0 Å². The fraction of sp³-hybridized carbons (Fsp3) is 0.500. The number of anilines is 1. The first-order valence-corrected chi connectivity index (χ1v) is 9.10. The van der Waals surface area contributed by atoms with Crippen LogP contribution in [0, 0.1) is 0 Å². The second kappa shape index (κ2) is 6.34. The third-order valence-corrected chi connectivity index (χ3v) is 4.85.